The molecule has 1 atom stereocenters. The third-order valence-electron chi connectivity index (χ3n) is 4.42. The molecule has 0 saturated carbocycles. The highest BCUT2D eigenvalue weighted by molar-refractivity contribution is 5.51. The van der Waals surface area contributed by atoms with Crippen LogP contribution >= 0.6 is 0 Å². The van der Waals surface area contributed by atoms with Crippen molar-refractivity contribution in [3.8, 4) is 5.75 Å². The number of ether oxygens (including phenoxy) is 1. The van der Waals surface area contributed by atoms with Crippen molar-refractivity contribution in [3.63, 3.8) is 0 Å². The molecule has 0 aliphatic heterocycles. The fourth-order valence-electron chi connectivity index (χ4n) is 2.84. The van der Waals surface area contributed by atoms with Crippen molar-refractivity contribution in [1.82, 2.24) is 19.5 Å². The SMILES string of the molecule is CCCCNc1nc(N)ncc1OCc1cncn1C(C)c1ccccc1. The second kappa shape index (κ2) is 9.02. The fraction of sp³-hybridized carbons (Fsp3) is 0.350. The number of aromatic nitrogens is 4. The van der Waals surface area contributed by atoms with Crippen LogP contribution in [0.25, 0.3) is 0 Å². The lowest BCUT2D eigenvalue weighted by molar-refractivity contribution is 0.292. The summed E-state index contributed by atoms with van der Waals surface area (Å²) < 4.78 is 8.10. The molecule has 0 aliphatic rings. The minimum Gasteiger partial charge on any atom is -0.482 e. The average molecular weight is 366 g/mol. The van der Waals surface area contributed by atoms with Gasteiger partial charge in [0.05, 0.1) is 30.5 Å². The van der Waals surface area contributed by atoms with Crippen molar-refractivity contribution in [2.75, 3.05) is 17.6 Å². The Morgan fingerprint density at radius 3 is 2.81 bits per heavy atom. The van der Waals surface area contributed by atoms with Gasteiger partial charge in [0.15, 0.2) is 11.6 Å². The average Bonchev–Trinajstić information content (AvgIpc) is 3.16. The van der Waals surface area contributed by atoms with E-state index >= 15 is 0 Å². The number of hydrogen-bond donors (Lipinski definition) is 2. The van der Waals surface area contributed by atoms with Crippen LogP contribution in [0.3, 0.4) is 0 Å². The lowest BCUT2D eigenvalue weighted by Crippen LogP contribution is -2.12. The molecule has 3 aromatic rings. The number of anilines is 2. The zero-order valence-corrected chi connectivity index (χ0v) is 15.8. The van der Waals surface area contributed by atoms with Gasteiger partial charge in [-0.15, -0.1) is 0 Å². The number of benzene rings is 1. The first-order valence-corrected chi connectivity index (χ1v) is 9.24. The highest BCUT2D eigenvalue weighted by atomic mass is 16.5. The van der Waals surface area contributed by atoms with Gasteiger partial charge >= 0.3 is 0 Å². The quantitative estimate of drug-likeness (QED) is 0.562. The second-order valence-electron chi connectivity index (χ2n) is 6.39. The van der Waals surface area contributed by atoms with Gasteiger partial charge in [0.2, 0.25) is 5.95 Å². The zero-order chi connectivity index (χ0) is 19.1. The summed E-state index contributed by atoms with van der Waals surface area (Å²) in [5, 5.41) is 3.27. The molecule has 0 saturated heterocycles. The maximum absolute atomic E-state index is 5.99. The summed E-state index contributed by atoms with van der Waals surface area (Å²) in [4.78, 5) is 12.6. The van der Waals surface area contributed by atoms with Crippen molar-refractivity contribution >= 4 is 11.8 Å². The summed E-state index contributed by atoms with van der Waals surface area (Å²) in [6.45, 7) is 5.46. The molecule has 3 N–H and O–H groups in total. The Labute approximate surface area is 159 Å². The van der Waals surface area contributed by atoms with E-state index in [9.17, 15) is 0 Å². The molecule has 0 spiro atoms. The normalized spacial score (nSPS) is 11.9. The monoisotopic (exact) mass is 366 g/mol. The smallest absolute Gasteiger partial charge is 0.222 e. The first-order valence-electron chi connectivity index (χ1n) is 9.24. The molecule has 1 unspecified atom stereocenters. The topological polar surface area (TPSA) is 90.9 Å². The maximum Gasteiger partial charge on any atom is 0.222 e. The van der Waals surface area contributed by atoms with Crippen LogP contribution in [-0.2, 0) is 6.61 Å². The maximum atomic E-state index is 5.99. The lowest BCUT2D eigenvalue weighted by atomic mass is 10.1. The predicted octanol–water partition coefficient (Wildman–Crippen LogP) is 3.66. The zero-order valence-electron chi connectivity index (χ0n) is 15.8. The van der Waals surface area contributed by atoms with E-state index < -0.39 is 0 Å². The molecule has 2 aromatic heterocycles. The standard InChI is InChI=1S/C20H26N6O/c1-3-4-10-23-19-18(12-24-20(21)25-19)27-13-17-11-22-14-26(17)15(2)16-8-6-5-7-9-16/h5-9,11-12,14-15H,3-4,10,13H2,1-2H3,(H3,21,23,24,25). The third kappa shape index (κ3) is 4.75. The summed E-state index contributed by atoms with van der Waals surface area (Å²) in [5.74, 6) is 1.43. The number of nitrogens with one attached hydrogen (secondary N) is 1. The Morgan fingerprint density at radius 2 is 2.04 bits per heavy atom. The van der Waals surface area contributed by atoms with Gasteiger partial charge in [0.1, 0.15) is 6.61 Å². The minimum atomic E-state index is 0.164. The van der Waals surface area contributed by atoms with Crippen LogP contribution < -0.4 is 15.8 Å². The van der Waals surface area contributed by atoms with Crippen molar-refractivity contribution in [1.29, 1.82) is 0 Å². The predicted molar refractivity (Wildman–Crippen MR) is 107 cm³/mol. The van der Waals surface area contributed by atoms with E-state index in [4.69, 9.17) is 10.5 Å². The molecule has 1 aromatic carbocycles. The van der Waals surface area contributed by atoms with E-state index in [-0.39, 0.29) is 12.0 Å². The van der Waals surface area contributed by atoms with E-state index in [0.29, 0.717) is 18.2 Å². The number of nitrogens with two attached hydrogens (primary N) is 1. The Bertz CT molecular complexity index is 849. The molecule has 3 rings (SSSR count). The number of rotatable bonds is 9. The summed E-state index contributed by atoms with van der Waals surface area (Å²) in [6, 6.07) is 10.5. The van der Waals surface area contributed by atoms with E-state index in [1.807, 2.05) is 30.7 Å². The molecular formula is C20H26N6O. The van der Waals surface area contributed by atoms with Crippen molar-refractivity contribution in [2.45, 2.75) is 39.3 Å². The van der Waals surface area contributed by atoms with Gasteiger partial charge in [-0.25, -0.2) is 9.97 Å². The number of nitrogens with zero attached hydrogens (tertiary/aromatic N) is 4. The number of unbranched alkanes of at least 4 members (excludes halogenated alkanes) is 1. The van der Waals surface area contributed by atoms with E-state index in [1.54, 1.807) is 6.20 Å². The van der Waals surface area contributed by atoms with Crippen molar-refractivity contribution < 1.29 is 4.74 Å². The highest BCUT2D eigenvalue weighted by Gasteiger charge is 2.13. The van der Waals surface area contributed by atoms with Crippen LogP contribution in [0.4, 0.5) is 11.8 Å². The lowest BCUT2D eigenvalue weighted by Gasteiger charge is -2.18. The Hall–Kier alpha value is -3.09. The van der Waals surface area contributed by atoms with Crippen LogP contribution in [0, 0.1) is 0 Å². The van der Waals surface area contributed by atoms with Crippen LogP contribution in [0.15, 0.2) is 49.1 Å². The van der Waals surface area contributed by atoms with Gasteiger partial charge < -0.3 is 20.4 Å². The Kier molecular flexibility index (Phi) is 6.25. The number of nitrogen functional groups attached to an aromatic ring is 1. The van der Waals surface area contributed by atoms with E-state index in [1.165, 1.54) is 5.56 Å². The summed E-state index contributed by atoms with van der Waals surface area (Å²) in [7, 11) is 0. The molecule has 0 bridgehead atoms. The van der Waals surface area contributed by atoms with Crippen molar-refractivity contribution in [2.24, 2.45) is 0 Å². The third-order valence-corrected chi connectivity index (χ3v) is 4.42. The van der Waals surface area contributed by atoms with E-state index in [2.05, 4.69) is 50.8 Å². The molecule has 2 heterocycles. The van der Waals surface area contributed by atoms with Gasteiger partial charge in [-0.05, 0) is 18.9 Å². The molecule has 0 radical (unpaired) electrons. The highest BCUT2D eigenvalue weighted by Crippen LogP contribution is 2.24. The molecule has 27 heavy (non-hydrogen) atoms. The summed E-state index contributed by atoms with van der Waals surface area (Å²) in [6.07, 6.45) is 7.40. The van der Waals surface area contributed by atoms with Gasteiger partial charge in [-0.2, -0.15) is 4.98 Å². The van der Waals surface area contributed by atoms with Gasteiger partial charge in [-0.1, -0.05) is 43.7 Å². The fourth-order valence-corrected chi connectivity index (χ4v) is 2.84. The van der Waals surface area contributed by atoms with Crippen molar-refractivity contribution in [3.05, 3.63) is 60.3 Å². The van der Waals surface area contributed by atoms with Crippen LogP contribution in [-0.4, -0.2) is 26.1 Å². The molecule has 0 aliphatic carbocycles. The molecule has 142 valence electrons. The van der Waals surface area contributed by atoms with Gasteiger partial charge in [0, 0.05) is 6.54 Å². The number of hydrogen-bond acceptors (Lipinski definition) is 6. The Morgan fingerprint density at radius 1 is 1.22 bits per heavy atom. The first kappa shape index (κ1) is 18.7. The molecule has 0 amide bonds. The Balaban J connectivity index is 1.72. The van der Waals surface area contributed by atoms with Crippen LogP contribution in [0.1, 0.15) is 44.0 Å². The molecule has 7 heteroatoms. The van der Waals surface area contributed by atoms with E-state index in [0.717, 1.165) is 25.1 Å². The second-order valence-corrected chi connectivity index (χ2v) is 6.39. The van der Waals surface area contributed by atoms with Crippen LogP contribution in [0.2, 0.25) is 0 Å². The minimum absolute atomic E-state index is 0.164. The molecule has 7 nitrogen and oxygen atoms in total. The van der Waals surface area contributed by atoms with Crippen LogP contribution in [0.5, 0.6) is 5.75 Å². The summed E-state index contributed by atoms with van der Waals surface area (Å²) in [5.41, 5.74) is 7.91. The molecular weight excluding hydrogens is 340 g/mol. The number of imidazole rings is 1. The summed E-state index contributed by atoms with van der Waals surface area (Å²) >= 11 is 0. The van der Waals surface area contributed by atoms with Gasteiger partial charge in [-0.3, -0.25) is 0 Å². The first-order chi connectivity index (χ1) is 13.2. The van der Waals surface area contributed by atoms with Gasteiger partial charge in [0.25, 0.3) is 0 Å². The molecule has 0 fully saturated rings. The largest absolute Gasteiger partial charge is 0.482 e.